The highest BCUT2D eigenvalue weighted by molar-refractivity contribution is 9.10. The van der Waals surface area contributed by atoms with Crippen molar-refractivity contribution < 1.29 is 4.79 Å². The molecule has 1 aliphatic carbocycles. The fourth-order valence-electron chi connectivity index (χ4n) is 2.25. The highest BCUT2D eigenvalue weighted by atomic mass is 79.9. The van der Waals surface area contributed by atoms with Gasteiger partial charge >= 0.3 is 0 Å². The second kappa shape index (κ2) is 4.42. The number of nitrogens with one attached hydrogen (secondary N) is 1. The molecule has 1 aromatic rings. The molecule has 4 heteroatoms. The largest absolute Gasteiger partial charge is 0.311 e. The van der Waals surface area contributed by atoms with Crippen LogP contribution in [-0.2, 0) is 4.79 Å². The smallest absolute Gasteiger partial charge is 0.244 e. The molecule has 17 heavy (non-hydrogen) atoms. The van der Waals surface area contributed by atoms with E-state index < -0.39 is 0 Å². The Morgan fingerprint density at radius 1 is 1.18 bits per heavy atom. The molecule has 1 heterocycles. The maximum absolute atomic E-state index is 12.2. The summed E-state index contributed by atoms with van der Waals surface area (Å²) in [5.41, 5.74) is 0.998. The molecule has 2 aliphatic rings. The summed E-state index contributed by atoms with van der Waals surface area (Å²) in [5, 5.41) is 3.41. The predicted molar refractivity (Wildman–Crippen MR) is 71.1 cm³/mol. The van der Waals surface area contributed by atoms with Crippen molar-refractivity contribution >= 4 is 27.5 Å². The van der Waals surface area contributed by atoms with Crippen molar-refractivity contribution in [2.75, 3.05) is 11.4 Å². The number of amides is 1. The van der Waals surface area contributed by atoms with Crippen molar-refractivity contribution in [3.63, 3.8) is 0 Å². The zero-order valence-electron chi connectivity index (χ0n) is 9.53. The predicted octanol–water partition coefficient (Wildman–Crippen LogP) is 2.31. The first kappa shape index (κ1) is 11.2. The van der Waals surface area contributed by atoms with Gasteiger partial charge in [0.05, 0.1) is 6.04 Å². The molecule has 1 unspecified atom stereocenters. The zero-order chi connectivity index (χ0) is 11.8. The quantitative estimate of drug-likeness (QED) is 0.928. The van der Waals surface area contributed by atoms with Gasteiger partial charge in [-0.15, -0.1) is 0 Å². The van der Waals surface area contributed by atoms with Gasteiger partial charge in [-0.3, -0.25) is 4.79 Å². The van der Waals surface area contributed by atoms with Crippen LogP contribution in [0.2, 0.25) is 0 Å². The van der Waals surface area contributed by atoms with Crippen molar-refractivity contribution in [3.05, 3.63) is 28.7 Å². The van der Waals surface area contributed by atoms with Gasteiger partial charge in [0.2, 0.25) is 5.91 Å². The minimum absolute atomic E-state index is 0.0335. The number of nitrogens with zero attached hydrogens (tertiary/aromatic N) is 1. The van der Waals surface area contributed by atoms with Gasteiger partial charge in [0.1, 0.15) is 0 Å². The summed E-state index contributed by atoms with van der Waals surface area (Å²) in [4.78, 5) is 14.1. The number of halogens is 1. The van der Waals surface area contributed by atoms with E-state index in [2.05, 4.69) is 21.2 Å². The molecule has 0 bridgehead atoms. The first-order valence-corrected chi connectivity index (χ1v) is 6.86. The molecule has 1 saturated carbocycles. The molecule has 3 nitrogen and oxygen atoms in total. The number of hydrogen-bond donors (Lipinski definition) is 1. The minimum atomic E-state index is 0.0335. The summed E-state index contributed by atoms with van der Waals surface area (Å²) in [6.07, 6.45) is 3.37. The Bertz CT molecular complexity index is 428. The number of anilines is 1. The van der Waals surface area contributed by atoms with Crippen LogP contribution >= 0.6 is 15.9 Å². The van der Waals surface area contributed by atoms with Crippen LogP contribution < -0.4 is 10.2 Å². The Kier molecular flexibility index (Phi) is 2.92. The van der Waals surface area contributed by atoms with Gasteiger partial charge in [-0.2, -0.15) is 0 Å². The summed E-state index contributed by atoms with van der Waals surface area (Å²) in [5.74, 6) is 0.222. The normalized spacial score (nSPS) is 24.4. The lowest BCUT2D eigenvalue weighted by molar-refractivity contribution is -0.118. The molecule has 3 rings (SSSR count). The van der Waals surface area contributed by atoms with E-state index in [1.165, 1.54) is 12.8 Å². The lowest BCUT2D eigenvalue weighted by atomic mass is 10.2. The maximum atomic E-state index is 12.2. The third kappa shape index (κ3) is 2.38. The van der Waals surface area contributed by atoms with Gasteiger partial charge in [0.25, 0.3) is 0 Å². The van der Waals surface area contributed by atoms with Crippen molar-refractivity contribution in [2.24, 2.45) is 0 Å². The van der Waals surface area contributed by atoms with Gasteiger partial charge in [0.15, 0.2) is 0 Å². The van der Waals surface area contributed by atoms with Crippen LogP contribution in [0.25, 0.3) is 0 Å². The van der Waals surface area contributed by atoms with E-state index in [4.69, 9.17) is 0 Å². The minimum Gasteiger partial charge on any atom is -0.311 e. The van der Waals surface area contributed by atoms with E-state index in [9.17, 15) is 4.79 Å². The molecule has 0 aromatic heterocycles. The van der Waals surface area contributed by atoms with Crippen molar-refractivity contribution in [3.8, 4) is 0 Å². The summed E-state index contributed by atoms with van der Waals surface area (Å²) >= 11 is 3.41. The topological polar surface area (TPSA) is 32.3 Å². The third-order valence-corrected chi connectivity index (χ3v) is 3.89. The second-order valence-corrected chi connectivity index (χ2v) is 5.66. The molecular formula is C13H15BrN2O. The highest BCUT2D eigenvalue weighted by Crippen LogP contribution is 2.26. The number of rotatable bonds is 3. The molecule has 1 atom stereocenters. The monoisotopic (exact) mass is 294 g/mol. The molecule has 90 valence electrons. The van der Waals surface area contributed by atoms with E-state index >= 15 is 0 Å². The van der Waals surface area contributed by atoms with Crippen molar-refractivity contribution in [2.45, 2.75) is 31.3 Å². The van der Waals surface area contributed by atoms with Crippen LogP contribution in [0.15, 0.2) is 28.7 Å². The molecule has 0 spiro atoms. The maximum Gasteiger partial charge on any atom is 0.244 e. The zero-order valence-corrected chi connectivity index (χ0v) is 11.1. The number of carbonyl (C=O) groups excluding carboxylic acids is 1. The Balaban J connectivity index is 1.72. The summed E-state index contributed by atoms with van der Waals surface area (Å²) in [7, 11) is 0. The second-order valence-electron chi connectivity index (χ2n) is 4.75. The molecule has 1 amide bonds. The van der Waals surface area contributed by atoms with Gasteiger partial charge < -0.3 is 10.2 Å². The van der Waals surface area contributed by atoms with Crippen molar-refractivity contribution in [1.82, 2.24) is 5.32 Å². The number of hydrogen-bond acceptors (Lipinski definition) is 2. The van der Waals surface area contributed by atoms with Crippen molar-refractivity contribution in [1.29, 1.82) is 0 Å². The summed E-state index contributed by atoms with van der Waals surface area (Å²) in [6, 6.07) is 8.55. The van der Waals surface area contributed by atoms with Gasteiger partial charge in [-0.25, -0.2) is 0 Å². The molecule has 1 aliphatic heterocycles. The van der Waals surface area contributed by atoms with E-state index in [1.807, 2.05) is 29.2 Å². The number of carbonyl (C=O) groups is 1. The fourth-order valence-corrected chi connectivity index (χ4v) is 2.51. The number of benzene rings is 1. The molecule has 1 N–H and O–H groups in total. The Hall–Kier alpha value is -0.870. The van der Waals surface area contributed by atoms with E-state index in [1.54, 1.807) is 0 Å². The van der Waals surface area contributed by atoms with Gasteiger partial charge in [-0.1, -0.05) is 15.9 Å². The van der Waals surface area contributed by atoms with Gasteiger partial charge in [0, 0.05) is 22.7 Å². The van der Waals surface area contributed by atoms with Crippen LogP contribution in [-0.4, -0.2) is 24.5 Å². The van der Waals surface area contributed by atoms with Crippen LogP contribution in [0.5, 0.6) is 0 Å². The van der Waals surface area contributed by atoms with E-state index in [0.29, 0.717) is 6.04 Å². The van der Waals surface area contributed by atoms with Gasteiger partial charge in [-0.05, 0) is 43.5 Å². The van der Waals surface area contributed by atoms with Crippen LogP contribution in [0.4, 0.5) is 5.69 Å². The van der Waals surface area contributed by atoms with Crippen LogP contribution in [0, 0.1) is 0 Å². The Morgan fingerprint density at radius 3 is 2.53 bits per heavy atom. The fraction of sp³-hybridized carbons (Fsp3) is 0.462. The van der Waals surface area contributed by atoms with E-state index in [-0.39, 0.29) is 11.9 Å². The molecule has 0 radical (unpaired) electrons. The molecule has 1 aromatic carbocycles. The molecule has 2 fully saturated rings. The Labute approximate surface area is 109 Å². The average Bonchev–Trinajstić information content (AvgIpc) is 3.07. The molecular weight excluding hydrogens is 280 g/mol. The first-order chi connectivity index (χ1) is 8.24. The lowest BCUT2D eigenvalue weighted by Gasteiger charge is -2.17. The molecule has 1 saturated heterocycles. The average molecular weight is 295 g/mol. The summed E-state index contributed by atoms with van der Waals surface area (Å²) in [6.45, 7) is 0.824. The van der Waals surface area contributed by atoms with Crippen LogP contribution in [0.3, 0.4) is 0 Å². The standard InChI is InChI=1S/C13H15BrN2O/c14-9-1-5-11(6-2-9)16-8-7-12(13(16)17)15-10-3-4-10/h1-2,5-6,10,12,15H,3-4,7-8H2. The van der Waals surface area contributed by atoms with E-state index in [0.717, 1.165) is 23.1 Å². The summed E-state index contributed by atoms with van der Waals surface area (Å²) < 4.78 is 1.04. The highest BCUT2D eigenvalue weighted by Gasteiger charge is 2.36. The Morgan fingerprint density at radius 2 is 1.88 bits per heavy atom. The first-order valence-electron chi connectivity index (χ1n) is 6.07. The lowest BCUT2D eigenvalue weighted by Crippen LogP contribution is -2.39. The third-order valence-electron chi connectivity index (χ3n) is 3.36. The SMILES string of the molecule is O=C1C(NC2CC2)CCN1c1ccc(Br)cc1. The van der Waals surface area contributed by atoms with Crippen LogP contribution in [0.1, 0.15) is 19.3 Å².